The second-order valence-corrected chi connectivity index (χ2v) is 6.38. The molecule has 1 N–H and O–H groups in total. The molecule has 0 aromatic heterocycles. The average molecular weight is 266 g/mol. The molecule has 2 bridgehead atoms. The van der Waals surface area contributed by atoms with Crippen LogP contribution in [0.25, 0.3) is 0 Å². The van der Waals surface area contributed by atoms with Gasteiger partial charge in [0.2, 0.25) is 5.91 Å². The Kier molecular flexibility index (Phi) is 4.38. The summed E-state index contributed by atoms with van der Waals surface area (Å²) in [6.45, 7) is 5.72. The van der Waals surface area contributed by atoms with Gasteiger partial charge in [0.25, 0.3) is 0 Å². The van der Waals surface area contributed by atoms with Crippen LogP contribution in [-0.4, -0.2) is 50.2 Å². The number of hydrogen-bond acceptors (Lipinski definition) is 3. The van der Waals surface area contributed by atoms with E-state index in [0.29, 0.717) is 17.7 Å². The summed E-state index contributed by atoms with van der Waals surface area (Å²) >= 11 is 0. The highest BCUT2D eigenvalue weighted by Gasteiger charge is 2.42. The van der Waals surface area contributed by atoms with Gasteiger partial charge in [-0.3, -0.25) is 9.69 Å². The standard InChI is InChI=1S/C15H26N2O2/c18-15(14-11-12-2-3-13(14)10-12)16-4-1-5-17-6-8-19-9-7-17/h12-14H,1-11H2,(H,16,18)/t12-,13-,14-/m0/s1. The van der Waals surface area contributed by atoms with Gasteiger partial charge in [-0.25, -0.2) is 0 Å². The minimum Gasteiger partial charge on any atom is -0.379 e. The summed E-state index contributed by atoms with van der Waals surface area (Å²) in [6, 6.07) is 0. The van der Waals surface area contributed by atoms with Gasteiger partial charge >= 0.3 is 0 Å². The molecule has 1 aliphatic heterocycles. The minimum absolute atomic E-state index is 0.328. The third kappa shape index (κ3) is 3.29. The first-order valence-electron chi connectivity index (χ1n) is 7.91. The molecule has 3 aliphatic rings. The topological polar surface area (TPSA) is 41.6 Å². The van der Waals surface area contributed by atoms with E-state index in [2.05, 4.69) is 10.2 Å². The van der Waals surface area contributed by atoms with Crippen LogP contribution in [0.2, 0.25) is 0 Å². The first-order valence-corrected chi connectivity index (χ1v) is 7.91. The van der Waals surface area contributed by atoms with Crippen LogP contribution in [0.5, 0.6) is 0 Å². The van der Waals surface area contributed by atoms with Gasteiger partial charge < -0.3 is 10.1 Å². The first kappa shape index (κ1) is 13.4. The van der Waals surface area contributed by atoms with E-state index >= 15 is 0 Å². The van der Waals surface area contributed by atoms with E-state index in [1.54, 1.807) is 0 Å². The Balaban J connectivity index is 1.30. The normalized spacial score (nSPS) is 34.6. The molecule has 19 heavy (non-hydrogen) atoms. The van der Waals surface area contributed by atoms with Crippen LogP contribution in [0.4, 0.5) is 0 Å². The Hall–Kier alpha value is -0.610. The van der Waals surface area contributed by atoms with Crippen molar-refractivity contribution in [3.8, 4) is 0 Å². The van der Waals surface area contributed by atoms with Crippen molar-refractivity contribution in [1.29, 1.82) is 0 Å². The molecule has 2 aliphatic carbocycles. The van der Waals surface area contributed by atoms with Crippen LogP contribution >= 0.6 is 0 Å². The summed E-state index contributed by atoms with van der Waals surface area (Å²) in [7, 11) is 0. The van der Waals surface area contributed by atoms with Crippen LogP contribution in [0, 0.1) is 17.8 Å². The van der Waals surface area contributed by atoms with E-state index in [-0.39, 0.29) is 0 Å². The Morgan fingerprint density at radius 2 is 2.05 bits per heavy atom. The lowest BCUT2D eigenvalue weighted by molar-refractivity contribution is -0.126. The zero-order valence-corrected chi connectivity index (χ0v) is 11.8. The number of carbonyl (C=O) groups excluding carboxylic acids is 1. The molecule has 0 aromatic rings. The molecule has 0 spiro atoms. The summed E-state index contributed by atoms with van der Waals surface area (Å²) in [5.74, 6) is 2.22. The monoisotopic (exact) mass is 266 g/mol. The van der Waals surface area contributed by atoms with E-state index in [9.17, 15) is 4.79 Å². The van der Waals surface area contributed by atoms with Gasteiger partial charge in [-0.2, -0.15) is 0 Å². The van der Waals surface area contributed by atoms with E-state index < -0.39 is 0 Å². The molecule has 1 heterocycles. The van der Waals surface area contributed by atoms with Gasteiger partial charge in [0, 0.05) is 25.6 Å². The molecule has 108 valence electrons. The smallest absolute Gasteiger partial charge is 0.223 e. The number of morpholine rings is 1. The van der Waals surface area contributed by atoms with Crippen LogP contribution in [0.3, 0.4) is 0 Å². The van der Waals surface area contributed by atoms with Crippen LogP contribution < -0.4 is 5.32 Å². The summed E-state index contributed by atoms with van der Waals surface area (Å²) < 4.78 is 5.33. The maximum absolute atomic E-state index is 12.1. The van der Waals surface area contributed by atoms with Gasteiger partial charge in [0.1, 0.15) is 0 Å². The fourth-order valence-corrected chi connectivity index (χ4v) is 4.04. The van der Waals surface area contributed by atoms with E-state index in [1.807, 2.05) is 0 Å². The quantitative estimate of drug-likeness (QED) is 0.762. The Morgan fingerprint density at radius 1 is 1.21 bits per heavy atom. The van der Waals surface area contributed by atoms with Crippen molar-refractivity contribution in [2.24, 2.45) is 17.8 Å². The predicted molar refractivity (Wildman–Crippen MR) is 73.8 cm³/mol. The number of ether oxygens (including phenoxy) is 1. The Morgan fingerprint density at radius 3 is 2.74 bits per heavy atom. The molecule has 3 fully saturated rings. The fourth-order valence-electron chi connectivity index (χ4n) is 4.04. The summed E-state index contributed by atoms with van der Waals surface area (Å²) in [5, 5.41) is 3.15. The van der Waals surface area contributed by atoms with E-state index in [1.165, 1.54) is 19.3 Å². The van der Waals surface area contributed by atoms with Gasteiger partial charge in [0.05, 0.1) is 13.2 Å². The number of rotatable bonds is 5. The predicted octanol–water partition coefficient (Wildman–Crippen LogP) is 1.26. The van der Waals surface area contributed by atoms with Crippen LogP contribution in [-0.2, 0) is 9.53 Å². The second-order valence-electron chi connectivity index (χ2n) is 6.38. The number of hydrogen-bond donors (Lipinski definition) is 1. The van der Waals surface area contributed by atoms with Gasteiger partial charge in [-0.05, 0) is 44.1 Å². The molecule has 3 atom stereocenters. The van der Waals surface area contributed by atoms with Crippen molar-refractivity contribution >= 4 is 5.91 Å². The summed E-state index contributed by atoms with van der Waals surface area (Å²) in [6.07, 6.45) is 6.18. The lowest BCUT2D eigenvalue weighted by Crippen LogP contribution is -2.39. The average Bonchev–Trinajstić information content (AvgIpc) is 3.07. The van der Waals surface area contributed by atoms with Crippen molar-refractivity contribution in [2.75, 3.05) is 39.4 Å². The van der Waals surface area contributed by atoms with Crippen molar-refractivity contribution in [3.63, 3.8) is 0 Å². The number of nitrogens with zero attached hydrogens (tertiary/aromatic N) is 1. The third-order valence-corrected chi connectivity index (χ3v) is 5.13. The molecule has 4 nitrogen and oxygen atoms in total. The molecule has 0 radical (unpaired) electrons. The number of carbonyl (C=O) groups is 1. The molecule has 1 saturated heterocycles. The highest BCUT2D eigenvalue weighted by molar-refractivity contribution is 5.79. The number of amides is 1. The SMILES string of the molecule is O=C(NCCCN1CCOCC1)[C@H]1C[C@H]2CC[C@H]1C2. The van der Waals surface area contributed by atoms with Gasteiger partial charge in [0.15, 0.2) is 0 Å². The van der Waals surface area contributed by atoms with E-state index in [4.69, 9.17) is 4.74 Å². The first-order chi connectivity index (χ1) is 9.33. The van der Waals surface area contributed by atoms with Gasteiger partial charge in [-0.15, -0.1) is 0 Å². The molecule has 0 aromatic carbocycles. The summed E-state index contributed by atoms with van der Waals surface area (Å²) in [5.41, 5.74) is 0. The maximum Gasteiger partial charge on any atom is 0.223 e. The zero-order valence-electron chi connectivity index (χ0n) is 11.8. The lowest BCUT2D eigenvalue weighted by atomic mass is 9.88. The molecular weight excluding hydrogens is 240 g/mol. The number of nitrogens with one attached hydrogen (secondary N) is 1. The Bertz CT molecular complexity index is 315. The van der Waals surface area contributed by atoms with E-state index in [0.717, 1.165) is 58.2 Å². The molecular formula is C15H26N2O2. The second kappa shape index (κ2) is 6.23. The van der Waals surface area contributed by atoms with Gasteiger partial charge in [-0.1, -0.05) is 6.42 Å². The third-order valence-electron chi connectivity index (χ3n) is 5.13. The van der Waals surface area contributed by atoms with Crippen LogP contribution in [0.15, 0.2) is 0 Å². The fraction of sp³-hybridized carbons (Fsp3) is 0.933. The molecule has 0 unspecified atom stereocenters. The maximum atomic E-state index is 12.1. The summed E-state index contributed by atoms with van der Waals surface area (Å²) in [4.78, 5) is 14.6. The van der Waals surface area contributed by atoms with Crippen molar-refractivity contribution in [1.82, 2.24) is 10.2 Å². The zero-order chi connectivity index (χ0) is 13.1. The number of fused-ring (bicyclic) bond motifs is 2. The highest BCUT2D eigenvalue weighted by Crippen LogP contribution is 2.48. The largest absolute Gasteiger partial charge is 0.379 e. The Labute approximate surface area is 115 Å². The van der Waals surface area contributed by atoms with Crippen molar-refractivity contribution in [3.05, 3.63) is 0 Å². The van der Waals surface area contributed by atoms with Crippen molar-refractivity contribution < 1.29 is 9.53 Å². The van der Waals surface area contributed by atoms with Crippen LogP contribution in [0.1, 0.15) is 32.1 Å². The molecule has 3 rings (SSSR count). The minimum atomic E-state index is 0.328. The molecule has 4 heteroatoms. The van der Waals surface area contributed by atoms with Crippen molar-refractivity contribution in [2.45, 2.75) is 32.1 Å². The molecule has 1 amide bonds. The lowest BCUT2D eigenvalue weighted by Gasteiger charge is -2.26. The molecule has 2 saturated carbocycles. The highest BCUT2D eigenvalue weighted by atomic mass is 16.5.